The summed E-state index contributed by atoms with van der Waals surface area (Å²) < 4.78 is 5.51. The van der Waals surface area contributed by atoms with Gasteiger partial charge in [-0.15, -0.1) is 0 Å². The normalized spacial score (nSPS) is 11.4. The molecule has 0 radical (unpaired) electrons. The molecule has 0 saturated carbocycles. The first-order valence-corrected chi connectivity index (χ1v) is 13.1. The zero-order chi connectivity index (χ0) is 21.6. The SMILES string of the molecule is CCCCCCCCc1c(C)c(CCCCCCCC)c(C)c(OP(O)O)c1C. The van der Waals surface area contributed by atoms with Crippen LogP contribution in [0.1, 0.15) is 119 Å². The van der Waals surface area contributed by atoms with E-state index in [0.29, 0.717) is 5.75 Å². The molecule has 0 fully saturated rings. The van der Waals surface area contributed by atoms with E-state index in [-0.39, 0.29) is 0 Å². The second kappa shape index (κ2) is 15.2. The van der Waals surface area contributed by atoms with Crippen molar-refractivity contribution in [2.45, 2.75) is 125 Å². The molecule has 0 heterocycles. The fourth-order valence-electron chi connectivity index (χ4n) is 4.43. The average Bonchev–Trinajstić information content (AvgIpc) is 2.68. The Bertz CT molecular complexity index is 541. The van der Waals surface area contributed by atoms with Crippen molar-refractivity contribution >= 4 is 8.60 Å². The van der Waals surface area contributed by atoms with Crippen LogP contribution in [0, 0.1) is 20.8 Å². The molecule has 0 aliphatic carbocycles. The molecule has 0 saturated heterocycles. The molecule has 29 heavy (non-hydrogen) atoms. The van der Waals surface area contributed by atoms with E-state index in [1.807, 2.05) is 0 Å². The fourth-order valence-corrected chi connectivity index (χ4v) is 4.87. The maximum Gasteiger partial charge on any atom is 0.391 e. The van der Waals surface area contributed by atoms with E-state index in [1.165, 1.54) is 93.7 Å². The Morgan fingerprint density at radius 3 is 1.34 bits per heavy atom. The zero-order valence-electron chi connectivity index (χ0n) is 19.6. The van der Waals surface area contributed by atoms with Gasteiger partial charge in [-0.2, -0.15) is 0 Å². The largest absolute Gasteiger partial charge is 0.426 e. The molecule has 0 bridgehead atoms. The van der Waals surface area contributed by atoms with E-state index in [9.17, 15) is 9.79 Å². The highest BCUT2D eigenvalue weighted by atomic mass is 31.2. The van der Waals surface area contributed by atoms with Gasteiger partial charge in [0, 0.05) is 0 Å². The summed E-state index contributed by atoms with van der Waals surface area (Å²) in [4.78, 5) is 19.0. The molecule has 1 aromatic rings. The topological polar surface area (TPSA) is 49.7 Å². The Balaban J connectivity index is 2.89. The second-order valence-electron chi connectivity index (χ2n) is 8.54. The number of unbranched alkanes of at least 4 members (excludes halogenated alkanes) is 10. The lowest BCUT2D eigenvalue weighted by molar-refractivity contribution is 0.372. The lowest BCUT2D eigenvalue weighted by Gasteiger charge is -2.22. The van der Waals surface area contributed by atoms with Gasteiger partial charge in [0.2, 0.25) is 0 Å². The lowest BCUT2D eigenvalue weighted by atomic mass is 9.87. The Labute approximate surface area is 181 Å². The Hall–Kier alpha value is -0.630. The van der Waals surface area contributed by atoms with Crippen LogP contribution in [0.25, 0.3) is 0 Å². The van der Waals surface area contributed by atoms with E-state index in [0.717, 1.165) is 24.0 Å². The van der Waals surface area contributed by atoms with Crippen LogP contribution in [0.5, 0.6) is 5.75 Å². The minimum atomic E-state index is -2.39. The van der Waals surface area contributed by atoms with Crippen molar-refractivity contribution in [1.29, 1.82) is 0 Å². The van der Waals surface area contributed by atoms with Crippen LogP contribution in [0.2, 0.25) is 0 Å². The van der Waals surface area contributed by atoms with Gasteiger partial charge in [0.1, 0.15) is 5.75 Å². The molecule has 0 aromatic heterocycles. The molecule has 0 unspecified atom stereocenters. The molecule has 2 N–H and O–H groups in total. The van der Waals surface area contributed by atoms with Gasteiger partial charge in [0.05, 0.1) is 0 Å². The highest BCUT2D eigenvalue weighted by molar-refractivity contribution is 7.39. The summed E-state index contributed by atoms with van der Waals surface area (Å²) in [6, 6.07) is 0. The molecule has 0 spiro atoms. The standard InChI is InChI=1S/C25H45O3P/c1-6-8-10-12-14-16-18-23-20(3)24(19-17-15-13-11-9-7-2)22(5)25(21(23)4)28-29(26)27/h26-27H,6-19H2,1-5H3. The smallest absolute Gasteiger partial charge is 0.391 e. The first-order valence-electron chi connectivity index (χ1n) is 11.9. The predicted octanol–water partition coefficient (Wildman–Crippen LogP) is 8.01. The van der Waals surface area contributed by atoms with Crippen molar-refractivity contribution in [2.75, 3.05) is 0 Å². The van der Waals surface area contributed by atoms with E-state index in [1.54, 1.807) is 0 Å². The van der Waals surface area contributed by atoms with Crippen LogP contribution in [-0.4, -0.2) is 9.79 Å². The number of hydrogen-bond acceptors (Lipinski definition) is 3. The summed E-state index contributed by atoms with van der Waals surface area (Å²) in [5, 5.41) is 0. The van der Waals surface area contributed by atoms with Crippen molar-refractivity contribution in [3.63, 3.8) is 0 Å². The van der Waals surface area contributed by atoms with Crippen LogP contribution in [0.4, 0.5) is 0 Å². The van der Waals surface area contributed by atoms with Crippen molar-refractivity contribution in [1.82, 2.24) is 0 Å². The van der Waals surface area contributed by atoms with Gasteiger partial charge < -0.3 is 14.3 Å². The van der Waals surface area contributed by atoms with Crippen LogP contribution < -0.4 is 4.52 Å². The maximum atomic E-state index is 9.50. The molecule has 3 nitrogen and oxygen atoms in total. The Kier molecular flexibility index (Phi) is 13.9. The fraction of sp³-hybridized carbons (Fsp3) is 0.760. The highest BCUT2D eigenvalue weighted by Crippen LogP contribution is 2.40. The molecule has 0 atom stereocenters. The van der Waals surface area contributed by atoms with Gasteiger partial charge in [-0.3, -0.25) is 0 Å². The minimum absolute atomic E-state index is 0.702. The van der Waals surface area contributed by atoms with Crippen molar-refractivity contribution in [3.8, 4) is 5.75 Å². The third-order valence-corrected chi connectivity index (χ3v) is 6.57. The molecule has 1 aromatic carbocycles. The molecular formula is C25H45O3P. The van der Waals surface area contributed by atoms with Gasteiger partial charge >= 0.3 is 8.60 Å². The van der Waals surface area contributed by atoms with Crippen molar-refractivity contribution in [3.05, 3.63) is 27.8 Å². The van der Waals surface area contributed by atoms with E-state index >= 15 is 0 Å². The first kappa shape index (κ1) is 26.4. The lowest BCUT2D eigenvalue weighted by Crippen LogP contribution is -2.06. The third-order valence-electron chi connectivity index (χ3n) is 6.23. The summed E-state index contributed by atoms with van der Waals surface area (Å²) in [5.41, 5.74) is 6.30. The summed E-state index contributed by atoms with van der Waals surface area (Å²) >= 11 is 0. The Morgan fingerprint density at radius 1 is 0.586 bits per heavy atom. The average molecular weight is 425 g/mol. The summed E-state index contributed by atoms with van der Waals surface area (Å²) in [6.07, 6.45) is 17.5. The van der Waals surface area contributed by atoms with Crippen LogP contribution in [-0.2, 0) is 12.8 Å². The molecular weight excluding hydrogens is 379 g/mol. The molecule has 0 aliphatic rings. The zero-order valence-corrected chi connectivity index (χ0v) is 20.5. The summed E-state index contributed by atoms with van der Waals surface area (Å²) in [5.74, 6) is 0.702. The van der Waals surface area contributed by atoms with Gasteiger partial charge in [-0.1, -0.05) is 78.1 Å². The Morgan fingerprint density at radius 2 is 0.966 bits per heavy atom. The minimum Gasteiger partial charge on any atom is -0.426 e. The quantitative estimate of drug-likeness (QED) is 0.209. The monoisotopic (exact) mass is 424 g/mol. The van der Waals surface area contributed by atoms with Gasteiger partial charge in [-0.05, 0) is 74.3 Å². The summed E-state index contributed by atoms with van der Waals surface area (Å²) in [7, 11) is -2.39. The van der Waals surface area contributed by atoms with Crippen molar-refractivity contribution < 1.29 is 14.3 Å². The molecule has 168 valence electrons. The van der Waals surface area contributed by atoms with E-state index < -0.39 is 8.60 Å². The molecule has 1 rings (SSSR count). The molecule has 4 heteroatoms. The second-order valence-corrected chi connectivity index (χ2v) is 9.23. The predicted molar refractivity (Wildman–Crippen MR) is 127 cm³/mol. The highest BCUT2D eigenvalue weighted by Gasteiger charge is 2.20. The number of benzene rings is 1. The van der Waals surface area contributed by atoms with Crippen LogP contribution in [0.3, 0.4) is 0 Å². The van der Waals surface area contributed by atoms with Crippen molar-refractivity contribution in [2.24, 2.45) is 0 Å². The maximum absolute atomic E-state index is 9.50. The molecule has 0 amide bonds. The van der Waals surface area contributed by atoms with Gasteiger partial charge in [-0.25, -0.2) is 0 Å². The van der Waals surface area contributed by atoms with Gasteiger partial charge in [0.15, 0.2) is 0 Å². The summed E-state index contributed by atoms with van der Waals surface area (Å²) in [6.45, 7) is 10.9. The van der Waals surface area contributed by atoms with Crippen LogP contribution >= 0.6 is 8.60 Å². The number of rotatable bonds is 16. The number of hydrogen-bond donors (Lipinski definition) is 2. The third kappa shape index (κ3) is 9.37. The van der Waals surface area contributed by atoms with E-state index in [4.69, 9.17) is 4.52 Å². The van der Waals surface area contributed by atoms with E-state index in [2.05, 4.69) is 34.6 Å². The van der Waals surface area contributed by atoms with Crippen LogP contribution in [0.15, 0.2) is 0 Å². The van der Waals surface area contributed by atoms with Gasteiger partial charge in [0.25, 0.3) is 0 Å². The first-order chi connectivity index (χ1) is 13.9. The molecule has 0 aliphatic heterocycles.